The molecule has 0 bridgehead atoms. The lowest BCUT2D eigenvalue weighted by atomic mass is 10.2. The van der Waals surface area contributed by atoms with E-state index in [0.717, 1.165) is 16.7 Å². The van der Waals surface area contributed by atoms with E-state index in [0.29, 0.717) is 18.7 Å². The average molecular weight is 448 g/mol. The van der Waals surface area contributed by atoms with Gasteiger partial charge in [0.25, 0.3) is 5.56 Å². The molecule has 0 aliphatic carbocycles. The van der Waals surface area contributed by atoms with E-state index in [9.17, 15) is 28.2 Å². The molecule has 1 aliphatic rings. The van der Waals surface area contributed by atoms with E-state index in [1.807, 2.05) is 4.98 Å². The van der Waals surface area contributed by atoms with Gasteiger partial charge in [0.1, 0.15) is 6.23 Å². The molecule has 1 aliphatic heterocycles. The molecular weight excluding hydrogens is 433 g/mol. The highest BCUT2D eigenvalue weighted by Gasteiger charge is 2.38. The fraction of sp³-hybridized carbons (Fsp3) is 0.400. The molecule has 14 nitrogen and oxygen atoms in total. The Balaban J connectivity index is 2.02. The Bertz CT molecular complexity index is 976. The van der Waals surface area contributed by atoms with E-state index in [2.05, 4.69) is 8.62 Å². The van der Waals surface area contributed by atoms with Crippen LogP contribution in [0.15, 0.2) is 33.7 Å². The molecule has 27 heavy (non-hydrogen) atoms. The third kappa shape index (κ3) is 7.05. The summed E-state index contributed by atoms with van der Waals surface area (Å²) in [4.78, 5) is 60.2. The number of nitrogens with zero attached hydrogens (tertiary/aromatic N) is 1. The summed E-state index contributed by atoms with van der Waals surface area (Å²) >= 11 is 0. The molecule has 2 rings (SSSR count). The monoisotopic (exact) mass is 448 g/mol. The Hall–Kier alpha value is -1.17. The molecule has 17 heteroatoms. The highest BCUT2D eigenvalue weighted by Crippen LogP contribution is 2.66. The van der Waals surface area contributed by atoms with E-state index >= 15 is 0 Å². The molecule has 0 saturated carbocycles. The van der Waals surface area contributed by atoms with Gasteiger partial charge in [-0.25, -0.2) is 18.2 Å². The summed E-state index contributed by atoms with van der Waals surface area (Å²) in [5.41, 5.74) is -1.29. The van der Waals surface area contributed by atoms with Crippen molar-refractivity contribution in [1.82, 2.24) is 9.55 Å². The van der Waals surface area contributed by atoms with Crippen molar-refractivity contribution < 1.29 is 46.6 Å². The standard InChI is InChI=1S/C10H15N2O12P3/c13-8-3-5-12(10(14)11-8)9-2-1-7(22-9)4-6-25(15,16)23-27(20,21)24-26(17,18)19/h3-7,9H,1-2H2,(H,15,16)(H,20,21)(H,11,13,14)(H2,17,18,19)/b6-4+/t7?,9-/m1/s1. The van der Waals surface area contributed by atoms with E-state index in [1.54, 1.807) is 0 Å². The van der Waals surface area contributed by atoms with Gasteiger partial charge in [0, 0.05) is 18.1 Å². The Morgan fingerprint density at radius 3 is 2.41 bits per heavy atom. The fourth-order valence-electron chi connectivity index (χ4n) is 2.17. The Labute approximate surface area is 150 Å². The molecule has 0 aromatic carbocycles. The Morgan fingerprint density at radius 2 is 1.81 bits per heavy atom. The van der Waals surface area contributed by atoms with Crippen LogP contribution in [0.5, 0.6) is 0 Å². The molecular formula is C10H15N2O12P3. The maximum atomic E-state index is 11.7. The number of aromatic nitrogens is 2. The van der Waals surface area contributed by atoms with Gasteiger partial charge in [0.05, 0.1) is 6.10 Å². The van der Waals surface area contributed by atoms with Gasteiger partial charge in [0.15, 0.2) is 0 Å². The molecule has 152 valence electrons. The first kappa shape index (κ1) is 22.1. The van der Waals surface area contributed by atoms with Crippen molar-refractivity contribution in [2.24, 2.45) is 0 Å². The number of hydrogen-bond donors (Lipinski definition) is 5. The number of aromatic amines is 1. The van der Waals surface area contributed by atoms with Gasteiger partial charge < -0.3 is 24.3 Å². The third-order valence-electron chi connectivity index (χ3n) is 3.11. The zero-order valence-electron chi connectivity index (χ0n) is 13.2. The van der Waals surface area contributed by atoms with Gasteiger partial charge in [-0.15, -0.1) is 0 Å². The van der Waals surface area contributed by atoms with Crippen LogP contribution in [-0.2, 0) is 27.1 Å². The first-order valence-corrected chi connectivity index (χ1v) is 11.7. The lowest BCUT2D eigenvalue weighted by Gasteiger charge is -2.15. The van der Waals surface area contributed by atoms with Crippen molar-refractivity contribution >= 4 is 23.2 Å². The minimum Gasteiger partial charge on any atom is -0.351 e. The van der Waals surface area contributed by atoms with Crippen LogP contribution in [0, 0.1) is 0 Å². The first-order chi connectivity index (χ1) is 12.3. The lowest BCUT2D eigenvalue weighted by Crippen LogP contribution is -2.31. The van der Waals surface area contributed by atoms with Crippen LogP contribution >= 0.6 is 23.2 Å². The van der Waals surface area contributed by atoms with Gasteiger partial charge in [-0.05, 0) is 18.9 Å². The topological polar surface area (TPSA) is 215 Å². The zero-order valence-corrected chi connectivity index (χ0v) is 15.9. The number of hydrogen-bond acceptors (Lipinski definition) is 8. The van der Waals surface area contributed by atoms with Crippen LogP contribution in [0.3, 0.4) is 0 Å². The number of nitrogens with one attached hydrogen (secondary N) is 1. The van der Waals surface area contributed by atoms with Crippen molar-refractivity contribution in [3.8, 4) is 0 Å². The van der Waals surface area contributed by atoms with Crippen LogP contribution in [-0.4, -0.2) is 35.2 Å². The van der Waals surface area contributed by atoms with Crippen molar-refractivity contribution in [2.45, 2.75) is 25.2 Å². The van der Waals surface area contributed by atoms with Crippen LogP contribution in [0.2, 0.25) is 0 Å². The molecule has 0 amide bonds. The average Bonchev–Trinajstić information content (AvgIpc) is 2.90. The normalized spacial score (nSPS) is 25.3. The summed E-state index contributed by atoms with van der Waals surface area (Å²) in [5.74, 6) is 0.488. The lowest BCUT2D eigenvalue weighted by molar-refractivity contribution is 0.0203. The summed E-state index contributed by atoms with van der Waals surface area (Å²) in [7, 11) is -15.9. The van der Waals surface area contributed by atoms with Crippen LogP contribution in [0.1, 0.15) is 19.1 Å². The van der Waals surface area contributed by atoms with Gasteiger partial charge in [0.2, 0.25) is 0 Å². The van der Waals surface area contributed by atoms with Gasteiger partial charge in [-0.3, -0.25) is 18.9 Å². The third-order valence-corrected chi connectivity index (χ3v) is 7.10. The smallest absolute Gasteiger partial charge is 0.351 e. The summed E-state index contributed by atoms with van der Waals surface area (Å²) < 4.78 is 47.4. The molecule has 1 fully saturated rings. The maximum absolute atomic E-state index is 11.7. The number of H-pyrrole nitrogens is 1. The summed E-state index contributed by atoms with van der Waals surface area (Å²) in [6.45, 7) is 0. The Morgan fingerprint density at radius 1 is 1.15 bits per heavy atom. The van der Waals surface area contributed by atoms with Crippen molar-refractivity contribution in [2.75, 3.05) is 0 Å². The van der Waals surface area contributed by atoms with Crippen molar-refractivity contribution in [3.63, 3.8) is 0 Å². The molecule has 5 N–H and O–H groups in total. The minimum atomic E-state index is -5.52. The number of ether oxygens (including phenoxy) is 1. The van der Waals surface area contributed by atoms with Crippen LogP contribution in [0.25, 0.3) is 0 Å². The fourth-order valence-corrected chi connectivity index (χ4v) is 5.45. The quantitative estimate of drug-likeness (QED) is 0.352. The van der Waals surface area contributed by atoms with E-state index in [-0.39, 0.29) is 0 Å². The van der Waals surface area contributed by atoms with Gasteiger partial charge in [-0.1, -0.05) is 0 Å². The van der Waals surface area contributed by atoms with Crippen molar-refractivity contribution in [3.05, 3.63) is 45.0 Å². The van der Waals surface area contributed by atoms with E-state index in [1.165, 1.54) is 6.20 Å². The molecule has 0 radical (unpaired) electrons. The SMILES string of the molecule is O=c1ccn([C@H]2CCC(/C=C/P(=O)(O)OP(=O)(O)OP(=O)(O)O)O2)c(=O)[nH]1. The largest absolute Gasteiger partial charge is 0.488 e. The predicted octanol–water partition coefficient (Wildman–Crippen LogP) is 0.140. The molecule has 0 spiro atoms. The van der Waals surface area contributed by atoms with Crippen molar-refractivity contribution in [1.29, 1.82) is 0 Å². The number of phosphoric acid groups is 2. The second kappa shape index (κ2) is 8.06. The molecule has 2 heterocycles. The summed E-state index contributed by atoms with van der Waals surface area (Å²) in [6.07, 6.45) is 1.32. The predicted molar refractivity (Wildman–Crippen MR) is 87.5 cm³/mol. The number of rotatable bonds is 7. The van der Waals surface area contributed by atoms with Gasteiger partial charge in [-0.2, -0.15) is 4.31 Å². The molecule has 1 aromatic heterocycles. The maximum Gasteiger partial charge on any atom is 0.488 e. The van der Waals surface area contributed by atoms with Gasteiger partial charge >= 0.3 is 28.9 Å². The molecule has 1 saturated heterocycles. The highest BCUT2D eigenvalue weighted by molar-refractivity contribution is 7.69. The molecule has 1 aromatic rings. The summed E-state index contributed by atoms with van der Waals surface area (Å²) in [5, 5.41) is 0. The zero-order chi connectivity index (χ0) is 20.5. The van der Waals surface area contributed by atoms with E-state index in [4.69, 9.17) is 19.4 Å². The summed E-state index contributed by atoms with van der Waals surface area (Å²) in [6, 6.07) is 1.11. The highest BCUT2D eigenvalue weighted by atomic mass is 31.3. The molecule has 4 atom stereocenters. The second-order valence-corrected chi connectivity index (χ2v) is 9.90. The van der Waals surface area contributed by atoms with E-state index < -0.39 is 46.8 Å². The second-order valence-electron chi connectivity index (χ2n) is 5.25. The first-order valence-electron chi connectivity index (χ1n) is 7.06. The van der Waals surface area contributed by atoms with Crippen LogP contribution in [0.4, 0.5) is 0 Å². The molecule has 3 unspecified atom stereocenters. The van der Waals surface area contributed by atoms with Crippen LogP contribution < -0.4 is 11.2 Å². The Kier molecular flexibility index (Phi) is 6.60. The minimum absolute atomic E-state index is 0.294.